The van der Waals surface area contributed by atoms with Gasteiger partial charge in [0.25, 0.3) is 0 Å². The Bertz CT molecular complexity index is 375. The molecule has 94 valence electrons. The van der Waals surface area contributed by atoms with Crippen molar-refractivity contribution in [1.82, 2.24) is 10.3 Å². The van der Waals surface area contributed by atoms with E-state index in [4.69, 9.17) is 4.42 Å². The highest BCUT2D eigenvalue weighted by molar-refractivity contribution is 5.87. The van der Waals surface area contributed by atoms with E-state index in [0.717, 1.165) is 24.3 Å². The lowest BCUT2D eigenvalue weighted by Crippen LogP contribution is -2.39. The number of nitrogens with zero attached hydrogens (tertiary/aromatic N) is 1. The van der Waals surface area contributed by atoms with Crippen molar-refractivity contribution in [3.05, 3.63) is 11.5 Å². The molecule has 5 nitrogen and oxygen atoms in total. The summed E-state index contributed by atoms with van der Waals surface area (Å²) in [5.41, 5.74) is 0.804. The number of hydrogen-bond acceptors (Lipinski definition) is 3. The molecule has 1 aromatic rings. The first-order valence-electron chi connectivity index (χ1n) is 6.16. The summed E-state index contributed by atoms with van der Waals surface area (Å²) in [5, 5.41) is 5.57. The molecule has 1 fully saturated rings. The number of aryl methyl sites for hydroxylation is 2. The van der Waals surface area contributed by atoms with Gasteiger partial charge in [0.15, 0.2) is 0 Å². The van der Waals surface area contributed by atoms with Gasteiger partial charge in [-0.3, -0.25) is 5.32 Å². The van der Waals surface area contributed by atoms with Crippen LogP contribution in [0, 0.1) is 13.8 Å². The Morgan fingerprint density at radius 3 is 2.59 bits per heavy atom. The number of oxazole rings is 1. The smallest absolute Gasteiger partial charge is 0.323 e. The average Bonchev–Trinajstić information content (AvgIpc) is 2.59. The van der Waals surface area contributed by atoms with Gasteiger partial charge in [-0.2, -0.15) is 4.98 Å². The molecule has 1 aliphatic rings. The third-order valence-electron chi connectivity index (χ3n) is 3.19. The number of amides is 2. The first-order chi connectivity index (χ1) is 8.15. The Morgan fingerprint density at radius 1 is 1.29 bits per heavy atom. The minimum absolute atomic E-state index is 0.224. The maximum Gasteiger partial charge on any atom is 0.323 e. The highest BCUT2D eigenvalue weighted by Crippen LogP contribution is 2.18. The Balaban J connectivity index is 1.84. The molecule has 17 heavy (non-hydrogen) atoms. The van der Waals surface area contributed by atoms with E-state index in [1.807, 2.05) is 13.8 Å². The molecule has 0 aromatic carbocycles. The molecule has 2 N–H and O–H groups in total. The van der Waals surface area contributed by atoms with Crippen molar-refractivity contribution in [3.63, 3.8) is 0 Å². The van der Waals surface area contributed by atoms with Gasteiger partial charge in [-0.25, -0.2) is 4.79 Å². The van der Waals surface area contributed by atoms with Crippen molar-refractivity contribution in [2.75, 3.05) is 5.32 Å². The van der Waals surface area contributed by atoms with Gasteiger partial charge in [0.1, 0.15) is 5.76 Å². The number of hydrogen-bond donors (Lipinski definition) is 2. The molecule has 1 heterocycles. The summed E-state index contributed by atoms with van der Waals surface area (Å²) in [7, 11) is 0. The molecule has 2 rings (SSSR count). The molecular weight excluding hydrogens is 218 g/mol. The SMILES string of the molecule is Cc1nc(NC(=O)NC2CCCCC2)oc1C. The molecule has 0 atom stereocenters. The lowest BCUT2D eigenvalue weighted by atomic mass is 9.96. The van der Waals surface area contributed by atoms with E-state index in [9.17, 15) is 4.79 Å². The lowest BCUT2D eigenvalue weighted by Gasteiger charge is -2.22. The van der Waals surface area contributed by atoms with Crippen LogP contribution in [-0.4, -0.2) is 17.1 Å². The van der Waals surface area contributed by atoms with Crippen LogP contribution in [0.5, 0.6) is 0 Å². The molecule has 0 unspecified atom stereocenters. The van der Waals surface area contributed by atoms with Crippen molar-refractivity contribution < 1.29 is 9.21 Å². The van der Waals surface area contributed by atoms with Crippen LogP contribution in [0.4, 0.5) is 10.8 Å². The number of rotatable bonds is 2. The maximum absolute atomic E-state index is 11.7. The van der Waals surface area contributed by atoms with Crippen molar-refractivity contribution in [1.29, 1.82) is 0 Å². The summed E-state index contributed by atoms with van der Waals surface area (Å²) in [6, 6.07) is 0.340. The molecular formula is C12H19N3O2. The van der Waals surface area contributed by atoms with Gasteiger partial charge < -0.3 is 9.73 Å². The fraction of sp³-hybridized carbons (Fsp3) is 0.667. The van der Waals surface area contributed by atoms with E-state index in [-0.39, 0.29) is 12.0 Å². The van der Waals surface area contributed by atoms with E-state index in [2.05, 4.69) is 15.6 Å². The Morgan fingerprint density at radius 2 is 2.00 bits per heavy atom. The second kappa shape index (κ2) is 5.21. The topological polar surface area (TPSA) is 67.2 Å². The van der Waals surface area contributed by atoms with Gasteiger partial charge in [0.2, 0.25) is 0 Å². The van der Waals surface area contributed by atoms with Gasteiger partial charge in [0.05, 0.1) is 5.69 Å². The third-order valence-corrected chi connectivity index (χ3v) is 3.19. The monoisotopic (exact) mass is 237 g/mol. The number of carbonyl (C=O) groups excluding carboxylic acids is 1. The summed E-state index contributed by atoms with van der Waals surface area (Å²) in [6.45, 7) is 3.68. The van der Waals surface area contributed by atoms with Crippen molar-refractivity contribution in [2.45, 2.75) is 52.0 Å². The minimum Gasteiger partial charge on any atom is -0.428 e. The maximum atomic E-state index is 11.7. The average molecular weight is 237 g/mol. The van der Waals surface area contributed by atoms with Gasteiger partial charge in [0, 0.05) is 6.04 Å². The van der Waals surface area contributed by atoms with E-state index in [0.29, 0.717) is 6.04 Å². The Labute approximate surface area is 101 Å². The zero-order valence-electron chi connectivity index (χ0n) is 10.4. The first-order valence-corrected chi connectivity index (χ1v) is 6.16. The Kier molecular flexibility index (Phi) is 3.66. The van der Waals surface area contributed by atoms with Crippen molar-refractivity contribution in [2.24, 2.45) is 0 Å². The lowest BCUT2D eigenvalue weighted by molar-refractivity contribution is 0.243. The number of anilines is 1. The van der Waals surface area contributed by atoms with Crippen LogP contribution in [0.1, 0.15) is 43.6 Å². The van der Waals surface area contributed by atoms with Crippen LogP contribution in [0.3, 0.4) is 0 Å². The molecule has 1 saturated carbocycles. The van der Waals surface area contributed by atoms with Gasteiger partial charge in [-0.15, -0.1) is 0 Å². The van der Waals surface area contributed by atoms with E-state index < -0.39 is 0 Å². The van der Waals surface area contributed by atoms with Crippen LogP contribution in [0.25, 0.3) is 0 Å². The predicted octanol–water partition coefficient (Wildman–Crippen LogP) is 2.75. The van der Waals surface area contributed by atoms with E-state index >= 15 is 0 Å². The fourth-order valence-electron chi connectivity index (χ4n) is 2.09. The molecule has 1 aromatic heterocycles. The fourth-order valence-corrected chi connectivity index (χ4v) is 2.09. The summed E-state index contributed by atoms with van der Waals surface area (Å²) in [5.74, 6) is 0.734. The summed E-state index contributed by atoms with van der Waals surface area (Å²) in [4.78, 5) is 15.8. The normalized spacial score (nSPS) is 16.8. The van der Waals surface area contributed by atoms with Crippen LogP contribution >= 0.6 is 0 Å². The predicted molar refractivity (Wildman–Crippen MR) is 65.0 cm³/mol. The largest absolute Gasteiger partial charge is 0.428 e. The van der Waals surface area contributed by atoms with Crippen LogP contribution in [-0.2, 0) is 0 Å². The zero-order chi connectivity index (χ0) is 12.3. The molecule has 0 spiro atoms. The molecule has 0 radical (unpaired) electrons. The standard InChI is InChI=1S/C12H19N3O2/c1-8-9(2)17-12(13-8)15-11(16)14-10-6-4-3-5-7-10/h10H,3-7H2,1-2H3,(H2,13,14,15,16). The number of carbonyl (C=O) groups is 1. The molecule has 0 aliphatic heterocycles. The van der Waals surface area contributed by atoms with E-state index in [1.54, 1.807) is 0 Å². The number of nitrogens with one attached hydrogen (secondary N) is 2. The van der Waals surface area contributed by atoms with Gasteiger partial charge in [-0.05, 0) is 26.7 Å². The first kappa shape index (κ1) is 12.0. The van der Waals surface area contributed by atoms with Crippen molar-refractivity contribution >= 4 is 12.0 Å². The van der Waals surface area contributed by atoms with Crippen LogP contribution in [0.2, 0.25) is 0 Å². The minimum atomic E-state index is -0.224. The van der Waals surface area contributed by atoms with Crippen molar-refractivity contribution in [3.8, 4) is 0 Å². The quantitative estimate of drug-likeness (QED) is 0.831. The van der Waals surface area contributed by atoms with Crippen LogP contribution in [0.15, 0.2) is 4.42 Å². The second-order valence-corrected chi connectivity index (χ2v) is 4.59. The highest BCUT2D eigenvalue weighted by Gasteiger charge is 2.16. The zero-order valence-corrected chi connectivity index (χ0v) is 10.4. The molecule has 5 heteroatoms. The number of aromatic nitrogens is 1. The molecule has 1 aliphatic carbocycles. The van der Waals surface area contributed by atoms with Crippen LogP contribution < -0.4 is 10.6 Å². The summed E-state index contributed by atoms with van der Waals surface area (Å²) in [6.07, 6.45) is 5.80. The highest BCUT2D eigenvalue weighted by atomic mass is 16.4. The molecule has 0 saturated heterocycles. The molecule has 0 bridgehead atoms. The number of urea groups is 1. The Hall–Kier alpha value is -1.52. The third kappa shape index (κ3) is 3.22. The van der Waals surface area contributed by atoms with E-state index in [1.165, 1.54) is 19.3 Å². The second-order valence-electron chi connectivity index (χ2n) is 4.59. The van der Waals surface area contributed by atoms with Gasteiger partial charge >= 0.3 is 12.0 Å². The summed E-state index contributed by atoms with van der Waals surface area (Å²) < 4.78 is 5.29. The summed E-state index contributed by atoms with van der Waals surface area (Å²) >= 11 is 0. The molecule has 2 amide bonds. The van der Waals surface area contributed by atoms with Gasteiger partial charge in [-0.1, -0.05) is 19.3 Å².